The van der Waals surface area contributed by atoms with Gasteiger partial charge in [-0.1, -0.05) is 6.92 Å². The molecule has 0 rings (SSSR count). The van der Waals surface area contributed by atoms with Crippen LogP contribution in [0.5, 0.6) is 0 Å². The van der Waals surface area contributed by atoms with Crippen LogP contribution in [0.2, 0.25) is 0 Å². The van der Waals surface area contributed by atoms with Crippen molar-refractivity contribution in [3.8, 4) is 0 Å². The van der Waals surface area contributed by atoms with Crippen LogP contribution in [0.15, 0.2) is 0 Å². The van der Waals surface area contributed by atoms with Gasteiger partial charge in [0.1, 0.15) is 0 Å². The van der Waals surface area contributed by atoms with Gasteiger partial charge in [0.25, 0.3) is 0 Å². The fourth-order valence-electron chi connectivity index (χ4n) is 1.60. The van der Waals surface area contributed by atoms with Crippen molar-refractivity contribution in [3.05, 3.63) is 0 Å². The van der Waals surface area contributed by atoms with Gasteiger partial charge in [0.15, 0.2) is 0 Å². The molecule has 0 saturated heterocycles. The quantitative estimate of drug-likeness (QED) is 0.716. The average Bonchev–Trinajstić information content (AvgIpc) is 2.19. The van der Waals surface area contributed by atoms with Crippen LogP contribution in [-0.4, -0.2) is 42.8 Å². The number of nitrogens with zero attached hydrogens (tertiary/aromatic N) is 1. The maximum atomic E-state index is 12.3. The number of alkyl halides is 3. The van der Waals surface area contributed by atoms with Gasteiger partial charge in [0, 0.05) is 18.6 Å². The highest BCUT2D eigenvalue weighted by Crippen LogP contribution is 2.18. The average molecular weight is 254 g/mol. The van der Waals surface area contributed by atoms with E-state index in [2.05, 4.69) is 12.2 Å². The second-order valence-corrected chi connectivity index (χ2v) is 4.82. The van der Waals surface area contributed by atoms with Crippen LogP contribution < -0.4 is 5.32 Å². The molecule has 1 N–H and O–H groups in total. The van der Waals surface area contributed by atoms with Gasteiger partial charge in [-0.05, 0) is 40.2 Å². The first-order valence-corrected chi connectivity index (χ1v) is 6.30. The van der Waals surface area contributed by atoms with Crippen molar-refractivity contribution < 1.29 is 13.2 Å². The zero-order chi connectivity index (χ0) is 13.5. The summed E-state index contributed by atoms with van der Waals surface area (Å²) >= 11 is 0. The molecular formula is C12H25F3N2. The third-order valence-electron chi connectivity index (χ3n) is 2.70. The Morgan fingerprint density at radius 3 is 2.18 bits per heavy atom. The van der Waals surface area contributed by atoms with Crippen LogP contribution in [-0.2, 0) is 0 Å². The zero-order valence-electron chi connectivity index (χ0n) is 11.3. The maximum Gasteiger partial charge on any atom is 0.401 e. The second kappa shape index (κ2) is 7.93. The highest BCUT2D eigenvalue weighted by atomic mass is 19.4. The molecule has 0 aliphatic rings. The smallest absolute Gasteiger partial charge is 0.314 e. The minimum Gasteiger partial charge on any atom is -0.314 e. The van der Waals surface area contributed by atoms with E-state index >= 15 is 0 Å². The van der Waals surface area contributed by atoms with Crippen LogP contribution in [0.3, 0.4) is 0 Å². The number of hydrogen-bond donors (Lipinski definition) is 1. The molecule has 0 spiro atoms. The van der Waals surface area contributed by atoms with Crippen LogP contribution in [0.25, 0.3) is 0 Å². The van der Waals surface area contributed by atoms with E-state index in [1.165, 1.54) is 4.90 Å². The molecule has 0 aliphatic heterocycles. The van der Waals surface area contributed by atoms with E-state index in [4.69, 9.17) is 0 Å². The maximum absolute atomic E-state index is 12.3. The summed E-state index contributed by atoms with van der Waals surface area (Å²) in [5.74, 6) is 0. The van der Waals surface area contributed by atoms with Crippen LogP contribution in [0, 0.1) is 0 Å². The summed E-state index contributed by atoms with van der Waals surface area (Å²) in [4.78, 5) is 1.48. The Balaban J connectivity index is 4.01. The van der Waals surface area contributed by atoms with Crippen LogP contribution >= 0.6 is 0 Å². The first kappa shape index (κ1) is 16.7. The molecular weight excluding hydrogens is 229 g/mol. The number of hydrogen-bond acceptors (Lipinski definition) is 2. The molecule has 0 fully saturated rings. The van der Waals surface area contributed by atoms with Gasteiger partial charge in [-0.25, -0.2) is 0 Å². The van der Waals surface area contributed by atoms with Gasteiger partial charge in [-0.15, -0.1) is 0 Å². The van der Waals surface area contributed by atoms with Gasteiger partial charge in [-0.3, -0.25) is 4.90 Å². The van der Waals surface area contributed by atoms with Gasteiger partial charge in [-0.2, -0.15) is 13.2 Å². The zero-order valence-corrected chi connectivity index (χ0v) is 11.3. The van der Waals surface area contributed by atoms with Crippen molar-refractivity contribution in [2.45, 2.75) is 58.8 Å². The van der Waals surface area contributed by atoms with Crippen molar-refractivity contribution >= 4 is 0 Å². The normalized spacial score (nSPS) is 14.6. The Hall–Kier alpha value is -0.290. The Bertz CT molecular complexity index is 193. The molecule has 17 heavy (non-hydrogen) atoms. The molecule has 2 nitrogen and oxygen atoms in total. The highest BCUT2D eigenvalue weighted by Gasteiger charge is 2.31. The van der Waals surface area contributed by atoms with Crippen LogP contribution in [0.1, 0.15) is 40.5 Å². The molecule has 0 aromatic rings. The first-order chi connectivity index (χ1) is 7.76. The third kappa shape index (κ3) is 9.41. The minimum absolute atomic E-state index is 0.0741. The highest BCUT2D eigenvalue weighted by molar-refractivity contribution is 4.70. The van der Waals surface area contributed by atoms with Crippen molar-refractivity contribution in [3.63, 3.8) is 0 Å². The lowest BCUT2D eigenvalue weighted by atomic mass is 10.2. The topological polar surface area (TPSA) is 15.3 Å². The van der Waals surface area contributed by atoms with E-state index in [1.54, 1.807) is 13.8 Å². The molecule has 0 amide bonds. The Morgan fingerprint density at radius 1 is 1.18 bits per heavy atom. The van der Waals surface area contributed by atoms with Crippen molar-refractivity contribution in [2.75, 3.05) is 19.6 Å². The van der Waals surface area contributed by atoms with Gasteiger partial charge < -0.3 is 5.32 Å². The van der Waals surface area contributed by atoms with Gasteiger partial charge in [0.2, 0.25) is 0 Å². The summed E-state index contributed by atoms with van der Waals surface area (Å²) < 4.78 is 37.0. The number of halogens is 3. The summed E-state index contributed by atoms with van der Waals surface area (Å²) in [7, 11) is 0. The van der Waals surface area contributed by atoms with Gasteiger partial charge in [0.05, 0.1) is 6.54 Å². The molecule has 0 heterocycles. The second-order valence-electron chi connectivity index (χ2n) is 4.82. The molecule has 5 heteroatoms. The fourth-order valence-corrected chi connectivity index (χ4v) is 1.60. The molecule has 0 bridgehead atoms. The molecule has 1 unspecified atom stereocenters. The Labute approximate surface area is 103 Å². The summed E-state index contributed by atoms with van der Waals surface area (Å²) in [6.45, 7) is 8.28. The predicted molar refractivity (Wildman–Crippen MR) is 65.1 cm³/mol. The fraction of sp³-hybridized carbons (Fsp3) is 1.00. The van der Waals surface area contributed by atoms with Gasteiger partial charge >= 0.3 is 6.18 Å². The summed E-state index contributed by atoms with van der Waals surface area (Å²) in [6.07, 6.45) is -2.32. The molecule has 0 aromatic heterocycles. The van der Waals surface area contributed by atoms with E-state index in [-0.39, 0.29) is 12.1 Å². The molecule has 0 radical (unpaired) electrons. The Kier molecular flexibility index (Phi) is 7.79. The minimum atomic E-state index is -4.11. The van der Waals surface area contributed by atoms with Crippen molar-refractivity contribution in [1.29, 1.82) is 0 Å². The molecule has 0 aromatic carbocycles. The molecule has 1 atom stereocenters. The largest absolute Gasteiger partial charge is 0.401 e. The van der Waals surface area contributed by atoms with E-state index in [0.29, 0.717) is 6.54 Å². The van der Waals surface area contributed by atoms with E-state index in [0.717, 1.165) is 19.4 Å². The van der Waals surface area contributed by atoms with Crippen LogP contribution in [0.4, 0.5) is 13.2 Å². The lowest BCUT2D eigenvalue weighted by Crippen LogP contribution is -2.41. The number of rotatable bonds is 8. The first-order valence-electron chi connectivity index (χ1n) is 6.30. The predicted octanol–water partition coefficient (Wildman–Crippen LogP) is 3.04. The monoisotopic (exact) mass is 254 g/mol. The molecule has 0 saturated carbocycles. The molecule has 0 aliphatic carbocycles. The van der Waals surface area contributed by atoms with Crippen molar-refractivity contribution in [2.24, 2.45) is 0 Å². The number of nitrogens with one attached hydrogen (secondary N) is 1. The summed E-state index contributed by atoms with van der Waals surface area (Å²) in [5, 5.41) is 3.28. The summed E-state index contributed by atoms with van der Waals surface area (Å²) in [5.41, 5.74) is 0. The van der Waals surface area contributed by atoms with E-state index in [1.807, 2.05) is 6.92 Å². The molecule has 104 valence electrons. The van der Waals surface area contributed by atoms with E-state index in [9.17, 15) is 13.2 Å². The van der Waals surface area contributed by atoms with E-state index < -0.39 is 12.7 Å². The van der Waals surface area contributed by atoms with Crippen molar-refractivity contribution in [1.82, 2.24) is 10.2 Å². The third-order valence-corrected chi connectivity index (χ3v) is 2.70. The lowest BCUT2D eigenvalue weighted by Gasteiger charge is -2.28. The Morgan fingerprint density at radius 2 is 1.76 bits per heavy atom. The lowest BCUT2D eigenvalue weighted by molar-refractivity contribution is -0.149. The SMILES string of the molecule is CCCNC(C)CCN(CC(F)(F)F)C(C)C. The summed E-state index contributed by atoms with van der Waals surface area (Å²) in [6, 6.07) is 0.194. The standard InChI is InChI=1S/C12H25F3N2/c1-5-7-16-11(4)6-8-17(10(2)3)9-12(13,14)15/h10-11,16H,5-9H2,1-4H3.